The normalized spacial score (nSPS) is 11.9. The van der Waals surface area contributed by atoms with E-state index in [0.29, 0.717) is 29.6 Å². The van der Waals surface area contributed by atoms with Crippen LogP contribution < -0.4 is 10.5 Å². The van der Waals surface area contributed by atoms with Crippen LogP contribution in [-0.4, -0.2) is 11.7 Å². The fraction of sp³-hybridized carbons (Fsp3) is 0.200. The molecule has 0 fully saturated rings. The maximum absolute atomic E-state index is 11.1. The molecule has 0 saturated carbocycles. The van der Waals surface area contributed by atoms with Gasteiger partial charge in [-0.05, 0) is 70.6 Å². The molecule has 0 unspecified atom stereocenters. The number of nitrogens with zero attached hydrogens (tertiary/aromatic N) is 2. The smallest absolute Gasteiger partial charge is 0.153 e. The number of fused-ring (bicyclic) bond motifs is 1. The number of hydrogen-bond donors (Lipinski definition) is 2. The van der Waals surface area contributed by atoms with E-state index in [1.54, 1.807) is 29.5 Å². The van der Waals surface area contributed by atoms with E-state index in [2.05, 4.69) is 42.2 Å². The molecule has 4 rings (SSSR count). The molecule has 188 valence electrons. The fourth-order valence-corrected chi connectivity index (χ4v) is 5.26. The van der Waals surface area contributed by atoms with E-state index < -0.39 is 0 Å². The quantitative estimate of drug-likeness (QED) is 0.133. The lowest BCUT2D eigenvalue weighted by molar-refractivity contribution is 0.491. The number of nitrogens with one attached hydrogen (secondary N) is 1. The lowest BCUT2D eigenvalue weighted by Gasteiger charge is -2.14. The first kappa shape index (κ1) is 26.0. The third-order valence-corrected chi connectivity index (χ3v) is 7.03. The van der Waals surface area contributed by atoms with Gasteiger partial charge in [-0.15, -0.1) is 16.2 Å². The maximum atomic E-state index is 11.1. The average Bonchev–Trinajstić information content (AvgIpc) is 3.25. The van der Waals surface area contributed by atoms with Gasteiger partial charge in [-0.3, -0.25) is 5.41 Å². The van der Waals surface area contributed by atoms with Crippen molar-refractivity contribution in [3.05, 3.63) is 88.8 Å². The minimum atomic E-state index is 0.119. The second-order valence-electron chi connectivity index (χ2n) is 9.02. The highest BCUT2D eigenvalue weighted by atomic mass is 32.1. The van der Waals surface area contributed by atoms with Gasteiger partial charge in [0.05, 0.1) is 4.88 Å². The predicted octanol–water partition coefficient (Wildman–Crippen LogP) is 9.03. The Morgan fingerprint density at radius 2 is 1.86 bits per heavy atom. The van der Waals surface area contributed by atoms with Crippen molar-refractivity contribution in [3.63, 3.8) is 0 Å². The molecule has 0 aliphatic heterocycles. The average molecular weight is 511 g/mol. The molecule has 0 aliphatic rings. The summed E-state index contributed by atoms with van der Waals surface area (Å²) in [6.07, 6.45) is 5.03. The molecule has 0 bridgehead atoms. The molecular weight excluding hydrogens is 480 g/mol. The van der Waals surface area contributed by atoms with Crippen LogP contribution in [0.3, 0.4) is 0 Å². The van der Waals surface area contributed by atoms with Crippen LogP contribution in [0.2, 0.25) is 0 Å². The highest BCUT2D eigenvalue weighted by Gasteiger charge is 2.20. The number of hydrogen-bond acceptors (Lipinski definition) is 5. The van der Waals surface area contributed by atoms with Crippen molar-refractivity contribution in [2.75, 3.05) is 0 Å². The van der Waals surface area contributed by atoms with Gasteiger partial charge in [0.15, 0.2) is 5.75 Å². The monoisotopic (exact) mass is 510 g/mol. The van der Waals surface area contributed by atoms with Crippen molar-refractivity contribution in [1.82, 2.24) is 0 Å². The molecule has 4 aromatic rings. The van der Waals surface area contributed by atoms with Gasteiger partial charge < -0.3 is 10.5 Å². The van der Waals surface area contributed by atoms with Gasteiger partial charge in [0.1, 0.15) is 23.1 Å². The summed E-state index contributed by atoms with van der Waals surface area (Å²) in [6.45, 7) is 6.38. The molecule has 0 saturated heterocycles. The Morgan fingerprint density at radius 3 is 2.57 bits per heavy atom. The van der Waals surface area contributed by atoms with Crippen LogP contribution in [-0.2, 0) is 0 Å². The number of amidine groups is 2. The summed E-state index contributed by atoms with van der Waals surface area (Å²) in [5.41, 5.74) is 9.48. The highest BCUT2D eigenvalue weighted by Crippen LogP contribution is 2.48. The predicted molar refractivity (Wildman–Crippen MR) is 157 cm³/mol. The number of rotatable bonds is 9. The Kier molecular flexibility index (Phi) is 8.25. The van der Waals surface area contributed by atoms with E-state index in [-0.39, 0.29) is 5.84 Å². The van der Waals surface area contributed by atoms with Crippen LogP contribution in [0.5, 0.6) is 11.5 Å². The Bertz CT molecular complexity index is 1480. The molecule has 0 aliphatic carbocycles. The summed E-state index contributed by atoms with van der Waals surface area (Å²) in [7, 11) is 0. The molecule has 0 spiro atoms. The molecule has 1 aromatic heterocycles. The Hall–Kier alpha value is -4.10. The molecule has 7 heteroatoms. The van der Waals surface area contributed by atoms with Crippen LogP contribution in [0.25, 0.3) is 26.6 Å². The fourth-order valence-electron chi connectivity index (χ4n) is 4.05. The molecular formula is C30H30N4O2S. The van der Waals surface area contributed by atoms with Crippen LogP contribution in [0.1, 0.15) is 50.7 Å². The van der Waals surface area contributed by atoms with Gasteiger partial charge in [-0.25, -0.2) is 4.99 Å². The number of nitrogens with two attached hydrogens (primary N) is 1. The second-order valence-corrected chi connectivity index (χ2v) is 10.1. The van der Waals surface area contributed by atoms with Crippen molar-refractivity contribution in [2.24, 2.45) is 15.9 Å². The number of thiophene rings is 1. The summed E-state index contributed by atoms with van der Waals surface area (Å²) in [4.78, 5) is 16.3. The maximum Gasteiger partial charge on any atom is 0.153 e. The zero-order valence-corrected chi connectivity index (χ0v) is 22.0. The number of ether oxygens (including phenoxy) is 1. The minimum absolute atomic E-state index is 0.119. The lowest BCUT2D eigenvalue weighted by Crippen LogP contribution is -2.12. The summed E-state index contributed by atoms with van der Waals surface area (Å²) in [5.74, 6) is 2.38. The van der Waals surface area contributed by atoms with Gasteiger partial charge in [0, 0.05) is 16.5 Å². The van der Waals surface area contributed by atoms with Crippen molar-refractivity contribution < 1.29 is 4.74 Å². The Balaban J connectivity index is 1.67. The van der Waals surface area contributed by atoms with Crippen molar-refractivity contribution in [3.8, 4) is 21.9 Å². The van der Waals surface area contributed by atoms with Gasteiger partial charge in [0.25, 0.3) is 0 Å². The largest absolute Gasteiger partial charge is 0.455 e. The topological polar surface area (TPSA) is 101 Å². The summed E-state index contributed by atoms with van der Waals surface area (Å²) in [6, 6.07) is 21.4. The third kappa shape index (κ3) is 6.19. The molecule has 37 heavy (non-hydrogen) atoms. The SMILES string of the molecule is CCCC(N)=NC(=N)/C=C/c1ccc(Oc2c(-c3ccccc3C(C)C)sc3cc(N=O)ccc23)cc1. The molecule has 6 nitrogen and oxygen atoms in total. The molecule has 0 amide bonds. The van der Waals surface area contributed by atoms with Crippen LogP contribution >= 0.6 is 11.3 Å². The number of nitroso groups, excluding NO2 is 1. The van der Waals surface area contributed by atoms with Crippen molar-refractivity contribution >= 4 is 44.9 Å². The summed E-state index contributed by atoms with van der Waals surface area (Å²) < 4.78 is 7.43. The van der Waals surface area contributed by atoms with E-state index in [4.69, 9.17) is 15.9 Å². The van der Waals surface area contributed by atoms with Gasteiger partial charge in [-0.1, -0.05) is 63.2 Å². The third-order valence-electron chi connectivity index (χ3n) is 5.86. The van der Waals surface area contributed by atoms with Crippen molar-refractivity contribution in [2.45, 2.75) is 39.5 Å². The first-order chi connectivity index (χ1) is 17.9. The first-order valence-corrected chi connectivity index (χ1v) is 13.1. The Morgan fingerprint density at radius 1 is 1.11 bits per heavy atom. The molecule has 0 radical (unpaired) electrons. The zero-order chi connectivity index (χ0) is 26.4. The van der Waals surface area contributed by atoms with E-state index in [0.717, 1.165) is 38.3 Å². The highest BCUT2D eigenvalue weighted by molar-refractivity contribution is 7.22. The first-order valence-electron chi connectivity index (χ1n) is 12.3. The molecule has 3 aromatic carbocycles. The van der Waals surface area contributed by atoms with E-state index in [1.807, 2.05) is 49.4 Å². The molecule has 0 atom stereocenters. The van der Waals surface area contributed by atoms with Gasteiger partial charge in [0.2, 0.25) is 0 Å². The number of benzene rings is 3. The minimum Gasteiger partial charge on any atom is -0.455 e. The number of aliphatic imine (C=N–C) groups is 1. The van der Waals surface area contributed by atoms with Crippen LogP contribution in [0, 0.1) is 10.3 Å². The van der Waals surface area contributed by atoms with E-state index in [1.165, 1.54) is 5.56 Å². The molecule has 3 N–H and O–H groups in total. The molecule has 1 heterocycles. The standard InChI is InChI=1S/C30H30N4O2S/c1-4-7-27(31)33-28(32)17-12-20-10-14-22(15-11-20)36-29-25-16-13-21(34-35)18-26(25)37-30(29)24-9-6-5-8-23(24)19(2)3/h5-6,8-19H,4,7H2,1-3H3,(H3,31,32,33)/b17-12+. The van der Waals surface area contributed by atoms with E-state index >= 15 is 0 Å². The zero-order valence-electron chi connectivity index (χ0n) is 21.2. The second kappa shape index (κ2) is 11.8. The van der Waals surface area contributed by atoms with Crippen LogP contribution in [0.15, 0.2) is 83.0 Å². The van der Waals surface area contributed by atoms with Crippen molar-refractivity contribution in [1.29, 1.82) is 5.41 Å². The van der Waals surface area contributed by atoms with E-state index in [9.17, 15) is 4.91 Å². The van der Waals surface area contributed by atoms with Crippen LogP contribution in [0.4, 0.5) is 5.69 Å². The Labute approximate surface area is 221 Å². The summed E-state index contributed by atoms with van der Waals surface area (Å²) >= 11 is 1.60. The summed E-state index contributed by atoms with van der Waals surface area (Å²) in [5, 5.41) is 12.0. The van der Waals surface area contributed by atoms with Gasteiger partial charge >= 0.3 is 0 Å². The lowest BCUT2D eigenvalue weighted by atomic mass is 9.96. The van der Waals surface area contributed by atoms with Gasteiger partial charge in [-0.2, -0.15) is 0 Å².